The molecule has 1 aromatic heterocycles. The van der Waals surface area contributed by atoms with Crippen molar-refractivity contribution in [2.24, 2.45) is 5.10 Å². The summed E-state index contributed by atoms with van der Waals surface area (Å²) in [5.41, 5.74) is 10.2. The lowest BCUT2D eigenvalue weighted by molar-refractivity contribution is 0.0955. The number of aryl methyl sites for hydroxylation is 1. The van der Waals surface area contributed by atoms with E-state index in [2.05, 4.69) is 45.4 Å². The van der Waals surface area contributed by atoms with Gasteiger partial charge < -0.3 is 4.57 Å². The zero-order valence-electron chi connectivity index (χ0n) is 19.7. The van der Waals surface area contributed by atoms with E-state index in [-0.39, 0.29) is 5.91 Å². The largest absolute Gasteiger partial charge is 0.309 e. The second kappa shape index (κ2) is 10.5. The van der Waals surface area contributed by atoms with E-state index in [0.29, 0.717) is 10.6 Å². The third kappa shape index (κ3) is 4.99. The predicted octanol–water partition coefficient (Wildman–Crippen LogP) is 7.54. The molecular weight excluding hydrogens is 466 g/mol. The minimum atomic E-state index is -0.257. The lowest BCUT2D eigenvalue weighted by Gasteiger charge is -2.15. The molecule has 176 valence electrons. The average molecular weight is 490 g/mol. The maximum Gasteiger partial charge on any atom is 0.271 e. The van der Waals surface area contributed by atoms with Crippen molar-refractivity contribution in [3.05, 3.63) is 137 Å². The van der Waals surface area contributed by atoms with Gasteiger partial charge in [0.25, 0.3) is 5.91 Å². The second-order valence-electron chi connectivity index (χ2n) is 8.44. The number of halogens is 1. The summed E-state index contributed by atoms with van der Waals surface area (Å²) >= 11 is 6.20. The average Bonchev–Trinajstić information content (AvgIpc) is 3.30. The molecule has 5 heteroatoms. The molecule has 0 radical (unpaired) electrons. The first-order valence-electron chi connectivity index (χ1n) is 11.6. The zero-order valence-corrected chi connectivity index (χ0v) is 20.5. The summed E-state index contributed by atoms with van der Waals surface area (Å²) in [5.74, 6) is -0.257. The van der Waals surface area contributed by atoms with E-state index in [1.807, 2.05) is 79.7 Å². The van der Waals surface area contributed by atoms with Crippen molar-refractivity contribution in [1.29, 1.82) is 0 Å². The van der Waals surface area contributed by atoms with Gasteiger partial charge in [0, 0.05) is 21.8 Å². The molecule has 0 unspecified atom stereocenters. The Morgan fingerprint density at radius 2 is 1.42 bits per heavy atom. The Bertz CT molecular complexity index is 1500. The lowest BCUT2D eigenvalue weighted by atomic mass is 10.1. The van der Waals surface area contributed by atoms with Crippen LogP contribution in [0.5, 0.6) is 0 Å². The Morgan fingerprint density at radius 1 is 0.806 bits per heavy atom. The van der Waals surface area contributed by atoms with Gasteiger partial charge in [0.15, 0.2) is 0 Å². The molecule has 5 rings (SSSR count). The monoisotopic (exact) mass is 489 g/mol. The molecule has 1 amide bonds. The number of nitrogens with one attached hydrogen (secondary N) is 1. The van der Waals surface area contributed by atoms with Gasteiger partial charge in [-0.25, -0.2) is 5.43 Å². The molecule has 0 spiro atoms. The fourth-order valence-corrected chi connectivity index (χ4v) is 4.26. The third-order valence-electron chi connectivity index (χ3n) is 5.92. The van der Waals surface area contributed by atoms with Gasteiger partial charge in [0.2, 0.25) is 0 Å². The SMILES string of the molecule is Cc1ccc(C(=O)N/N=C/c2cc(-c3ccccc3)n(-c3ccc(Cl)cc3)c2-c2ccccc2)cc1. The summed E-state index contributed by atoms with van der Waals surface area (Å²) in [6.07, 6.45) is 1.70. The van der Waals surface area contributed by atoms with Gasteiger partial charge >= 0.3 is 0 Å². The first-order valence-corrected chi connectivity index (χ1v) is 12.0. The smallest absolute Gasteiger partial charge is 0.271 e. The molecule has 5 aromatic rings. The molecule has 0 saturated heterocycles. The summed E-state index contributed by atoms with van der Waals surface area (Å²) in [7, 11) is 0. The minimum Gasteiger partial charge on any atom is -0.309 e. The van der Waals surface area contributed by atoms with Crippen LogP contribution in [0.15, 0.2) is 120 Å². The van der Waals surface area contributed by atoms with Crippen LogP contribution in [0.25, 0.3) is 28.2 Å². The number of rotatable bonds is 6. The second-order valence-corrected chi connectivity index (χ2v) is 8.88. The number of amides is 1. The van der Waals surface area contributed by atoms with Crippen molar-refractivity contribution in [2.45, 2.75) is 6.92 Å². The fourth-order valence-electron chi connectivity index (χ4n) is 4.13. The lowest BCUT2D eigenvalue weighted by Crippen LogP contribution is -2.17. The highest BCUT2D eigenvalue weighted by atomic mass is 35.5. The minimum absolute atomic E-state index is 0.257. The van der Waals surface area contributed by atoms with Gasteiger partial charge in [-0.1, -0.05) is 90.0 Å². The molecule has 0 saturated carbocycles. The van der Waals surface area contributed by atoms with Crippen LogP contribution in [0.4, 0.5) is 0 Å². The maximum absolute atomic E-state index is 12.6. The van der Waals surface area contributed by atoms with Gasteiger partial charge in [0.1, 0.15) is 0 Å². The summed E-state index contributed by atoms with van der Waals surface area (Å²) < 4.78 is 2.20. The predicted molar refractivity (Wildman–Crippen MR) is 148 cm³/mol. The highest BCUT2D eigenvalue weighted by Crippen LogP contribution is 2.35. The van der Waals surface area contributed by atoms with Crippen LogP contribution in [-0.4, -0.2) is 16.7 Å². The number of hydrazone groups is 1. The van der Waals surface area contributed by atoms with Crippen LogP contribution in [0.1, 0.15) is 21.5 Å². The van der Waals surface area contributed by atoms with E-state index in [1.165, 1.54) is 0 Å². The summed E-state index contributed by atoms with van der Waals surface area (Å²) in [5, 5.41) is 5.00. The Kier molecular flexibility index (Phi) is 6.78. The Balaban J connectivity index is 1.62. The van der Waals surface area contributed by atoms with Crippen LogP contribution in [0.2, 0.25) is 5.02 Å². The van der Waals surface area contributed by atoms with Crippen LogP contribution in [-0.2, 0) is 0 Å². The quantitative estimate of drug-likeness (QED) is 0.194. The summed E-state index contributed by atoms with van der Waals surface area (Å²) in [4.78, 5) is 12.6. The van der Waals surface area contributed by atoms with E-state index in [0.717, 1.165) is 39.3 Å². The van der Waals surface area contributed by atoms with Crippen molar-refractivity contribution in [2.75, 3.05) is 0 Å². The first kappa shape index (κ1) is 23.3. The number of aromatic nitrogens is 1. The molecule has 0 atom stereocenters. The van der Waals surface area contributed by atoms with Crippen molar-refractivity contribution < 1.29 is 4.79 Å². The molecule has 1 heterocycles. The number of hydrogen-bond acceptors (Lipinski definition) is 2. The van der Waals surface area contributed by atoms with Crippen LogP contribution < -0.4 is 5.43 Å². The highest BCUT2D eigenvalue weighted by Gasteiger charge is 2.18. The van der Waals surface area contributed by atoms with Crippen molar-refractivity contribution in [1.82, 2.24) is 9.99 Å². The Morgan fingerprint density at radius 3 is 2.06 bits per heavy atom. The third-order valence-corrected chi connectivity index (χ3v) is 6.17. The number of nitrogens with zero attached hydrogens (tertiary/aromatic N) is 2. The molecule has 0 aliphatic carbocycles. The highest BCUT2D eigenvalue weighted by molar-refractivity contribution is 6.30. The summed E-state index contributed by atoms with van der Waals surface area (Å²) in [6.45, 7) is 1.99. The van der Waals surface area contributed by atoms with Crippen molar-refractivity contribution >= 4 is 23.7 Å². The van der Waals surface area contributed by atoms with Gasteiger partial charge in [-0.2, -0.15) is 5.10 Å². The van der Waals surface area contributed by atoms with E-state index < -0.39 is 0 Å². The molecule has 0 fully saturated rings. The topological polar surface area (TPSA) is 46.4 Å². The molecular formula is C31H24ClN3O. The van der Waals surface area contributed by atoms with E-state index in [4.69, 9.17) is 11.6 Å². The Hall–Kier alpha value is -4.41. The molecule has 0 aliphatic heterocycles. The Labute approximate surface area is 215 Å². The van der Waals surface area contributed by atoms with E-state index in [1.54, 1.807) is 18.3 Å². The molecule has 4 aromatic carbocycles. The van der Waals surface area contributed by atoms with Gasteiger partial charge in [-0.15, -0.1) is 0 Å². The zero-order chi connectivity index (χ0) is 24.9. The van der Waals surface area contributed by atoms with Gasteiger partial charge in [-0.05, 0) is 60.5 Å². The molecule has 1 N–H and O–H groups in total. The van der Waals surface area contributed by atoms with Crippen molar-refractivity contribution in [3.8, 4) is 28.2 Å². The summed E-state index contributed by atoms with van der Waals surface area (Å²) in [6, 6.07) is 37.6. The normalized spacial score (nSPS) is 11.1. The van der Waals surface area contributed by atoms with E-state index in [9.17, 15) is 4.79 Å². The molecule has 0 aliphatic rings. The van der Waals surface area contributed by atoms with Crippen LogP contribution >= 0.6 is 11.6 Å². The first-order chi connectivity index (χ1) is 17.6. The molecule has 4 nitrogen and oxygen atoms in total. The van der Waals surface area contributed by atoms with Crippen LogP contribution in [0, 0.1) is 6.92 Å². The van der Waals surface area contributed by atoms with Crippen LogP contribution in [0.3, 0.4) is 0 Å². The number of hydrogen-bond donors (Lipinski definition) is 1. The van der Waals surface area contributed by atoms with Gasteiger partial charge in [0.05, 0.1) is 17.6 Å². The number of benzene rings is 4. The maximum atomic E-state index is 12.6. The van der Waals surface area contributed by atoms with Crippen molar-refractivity contribution in [3.63, 3.8) is 0 Å². The van der Waals surface area contributed by atoms with E-state index >= 15 is 0 Å². The fraction of sp³-hybridized carbons (Fsp3) is 0.0323. The number of carbonyl (C=O) groups excluding carboxylic acids is 1. The standard InChI is InChI=1S/C31H24ClN3O/c1-22-12-14-25(15-13-22)31(36)34-33-21-26-20-29(23-8-4-2-5-9-23)35(28-18-16-27(32)17-19-28)30(26)24-10-6-3-7-11-24/h2-21H,1H3,(H,34,36)/b33-21+. The number of carbonyl (C=O) groups is 1. The molecule has 36 heavy (non-hydrogen) atoms. The molecule has 0 bridgehead atoms. The van der Waals surface area contributed by atoms with Gasteiger partial charge in [-0.3, -0.25) is 4.79 Å².